The van der Waals surface area contributed by atoms with E-state index in [4.69, 9.17) is 4.74 Å². The molecule has 1 atom stereocenters. The zero-order valence-electron chi connectivity index (χ0n) is 11.6. The molecule has 1 amide bonds. The second-order valence-corrected chi connectivity index (χ2v) is 5.81. The van der Waals surface area contributed by atoms with Crippen molar-refractivity contribution in [2.45, 2.75) is 58.6 Å². The summed E-state index contributed by atoms with van der Waals surface area (Å²) in [5.74, 6) is 0. The molecule has 4 heteroatoms. The fourth-order valence-electron chi connectivity index (χ4n) is 2.11. The molecule has 1 aliphatic rings. The molecule has 1 aliphatic heterocycles. The first-order valence-electron chi connectivity index (χ1n) is 6.59. The van der Waals surface area contributed by atoms with Crippen LogP contribution >= 0.6 is 0 Å². The van der Waals surface area contributed by atoms with Crippen molar-refractivity contribution >= 4 is 6.09 Å². The Bertz CT molecular complexity index is 248. The molecule has 1 heterocycles. The van der Waals surface area contributed by atoms with Crippen LogP contribution in [0.15, 0.2) is 0 Å². The van der Waals surface area contributed by atoms with Gasteiger partial charge in [-0.3, -0.25) is 4.90 Å². The van der Waals surface area contributed by atoms with Crippen molar-refractivity contribution in [1.82, 2.24) is 10.2 Å². The highest BCUT2D eigenvalue weighted by atomic mass is 16.6. The summed E-state index contributed by atoms with van der Waals surface area (Å²) >= 11 is 0. The topological polar surface area (TPSA) is 41.6 Å². The Kier molecular flexibility index (Phi) is 5.25. The van der Waals surface area contributed by atoms with E-state index in [1.165, 1.54) is 19.3 Å². The average molecular weight is 242 g/mol. The van der Waals surface area contributed by atoms with E-state index in [1.54, 1.807) is 0 Å². The van der Waals surface area contributed by atoms with Crippen LogP contribution in [-0.4, -0.2) is 42.3 Å². The first-order chi connectivity index (χ1) is 7.88. The number of hydrogen-bond acceptors (Lipinski definition) is 3. The highest BCUT2D eigenvalue weighted by molar-refractivity contribution is 5.67. The van der Waals surface area contributed by atoms with Crippen molar-refractivity contribution in [2.75, 3.05) is 19.6 Å². The normalized spacial score (nSPS) is 22.2. The van der Waals surface area contributed by atoms with Gasteiger partial charge in [0.05, 0.1) is 0 Å². The van der Waals surface area contributed by atoms with Gasteiger partial charge in [-0.05, 0) is 47.1 Å². The molecule has 0 aliphatic carbocycles. The molecule has 0 spiro atoms. The van der Waals surface area contributed by atoms with Crippen LogP contribution in [0.25, 0.3) is 0 Å². The summed E-state index contributed by atoms with van der Waals surface area (Å²) in [6, 6.07) is 0.643. The summed E-state index contributed by atoms with van der Waals surface area (Å²) in [4.78, 5) is 13.9. The molecule has 4 nitrogen and oxygen atoms in total. The largest absolute Gasteiger partial charge is 0.444 e. The Morgan fingerprint density at radius 3 is 2.71 bits per heavy atom. The van der Waals surface area contributed by atoms with E-state index in [-0.39, 0.29) is 6.09 Å². The van der Waals surface area contributed by atoms with Gasteiger partial charge >= 0.3 is 6.09 Å². The van der Waals surface area contributed by atoms with E-state index in [9.17, 15) is 4.79 Å². The molecule has 0 unspecified atom stereocenters. The van der Waals surface area contributed by atoms with Crippen molar-refractivity contribution in [2.24, 2.45) is 0 Å². The Morgan fingerprint density at radius 1 is 1.41 bits per heavy atom. The number of piperidine rings is 1. The maximum Gasteiger partial charge on any atom is 0.407 e. The predicted molar refractivity (Wildman–Crippen MR) is 69.1 cm³/mol. The van der Waals surface area contributed by atoms with Crippen molar-refractivity contribution < 1.29 is 9.53 Å². The molecule has 1 saturated heterocycles. The summed E-state index contributed by atoms with van der Waals surface area (Å²) in [5, 5.41) is 2.80. The van der Waals surface area contributed by atoms with E-state index < -0.39 is 5.60 Å². The summed E-state index contributed by atoms with van der Waals surface area (Å²) in [6.45, 7) is 10.6. The lowest BCUT2D eigenvalue weighted by molar-refractivity contribution is 0.0515. The molecule has 0 aromatic carbocycles. The van der Waals surface area contributed by atoms with Gasteiger partial charge in [-0.25, -0.2) is 4.79 Å². The number of amides is 1. The number of ether oxygens (including phenoxy) is 1. The Labute approximate surface area is 105 Å². The van der Waals surface area contributed by atoms with E-state index in [2.05, 4.69) is 17.1 Å². The van der Waals surface area contributed by atoms with Gasteiger partial charge < -0.3 is 10.1 Å². The summed E-state index contributed by atoms with van der Waals surface area (Å²) in [6.07, 6.45) is 3.56. The van der Waals surface area contributed by atoms with Gasteiger partial charge in [0.25, 0.3) is 0 Å². The number of carbonyl (C=O) groups excluding carboxylic acids is 1. The Morgan fingerprint density at radius 2 is 2.12 bits per heavy atom. The highest BCUT2D eigenvalue weighted by Crippen LogP contribution is 2.15. The first-order valence-corrected chi connectivity index (χ1v) is 6.59. The quantitative estimate of drug-likeness (QED) is 0.826. The lowest BCUT2D eigenvalue weighted by Gasteiger charge is -2.33. The fraction of sp³-hybridized carbons (Fsp3) is 0.923. The minimum atomic E-state index is -0.414. The van der Waals surface area contributed by atoms with Crippen molar-refractivity contribution in [1.29, 1.82) is 0 Å². The Hall–Kier alpha value is -0.770. The van der Waals surface area contributed by atoms with Crippen LogP contribution < -0.4 is 5.32 Å². The second-order valence-electron chi connectivity index (χ2n) is 5.81. The summed E-state index contributed by atoms with van der Waals surface area (Å²) in [5.41, 5.74) is -0.414. The zero-order chi connectivity index (χ0) is 12.9. The number of carbonyl (C=O) groups is 1. The summed E-state index contributed by atoms with van der Waals surface area (Å²) in [7, 11) is 0. The molecule has 0 aromatic heterocycles. The number of nitrogens with zero attached hydrogens (tertiary/aromatic N) is 1. The number of nitrogens with one attached hydrogen (secondary N) is 1. The summed E-state index contributed by atoms with van der Waals surface area (Å²) < 4.78 is 5.19. The molecule has 0 radical (unpaired) electrons. The van der Waals surface area contributed by atoms with Crippen LogP contribution in [0.2, 0.25) is 0 Å². The van der Waals surface area contributed by atoms with Crippen molar-refractivity contribution in [3.8, 4) is 0 Å². The SMILES string of the molecule is C[C@H]1CCCCN1CCNC(=O)OC(C)(C)C. The predicted octanol–water partition coefficient (Wildman–Crippen LogP) is 2.39. The molecule has 100 valence electrons. The maximum atomic E-state index is 11.4. The molecule has 17 heavy (non-hydrogen) atoms. The third-order valence-corrected chi connectivity index (χ3v) is 3.01. The molecule has 1 rings (SSSR count). The minimum Gasteiger partial charge on any atom is -0.444 e. The average Bonchev–Trinajstić information content (AvgIpc) is 2.18. The number of rotatable bonds is 3. The lowest BCUT2D eigenvalue weighted by atomic mass is 10.0. The van der Waals surface area contributed by atoms with Gasteiger partial charge in [0.15, 0.2) is 0 Å². The molecule has 0 saturated carbocycles. The van der Waals surface area contributed by atoms with Crippen LogP contribution in [0.4, 0.5) is 4.79 Å². The van der Waals surface area contributed by atoms with Crippen LogP contribution in [0.5, 0.6) is 0 Å². The maximum absolute atomic E-state index is 11.4. The van der Waals surface area contributed by atoms with Crippen LogP contribution in [-0.2, 0) is 4.74 Å². The standard InChI is InChI=1S/C13H26N2O2/c1-11-7-5-6-9-15(11)10-8-14-12(16)17-13(2,3)4/h11H,5-10H2,1-4H3,(H,14,16)/t11-/m0/s1. The van der Waals surface area contributed by atoms with Crippen molar-refractivity contribution in [3.05, 3.63) is 0 Å². The van der Waals surface area contributed by atoms with Gasteiger partial charge in [0.1, 0.15) is 5.60 Å². The van der Waals surface area contributed by atoms with Gasteiger partial charge in [-0.2, -0.15) is 0 Å². The van der Waals surface area contributed by atoms with Gasteiger partial charge in [0.2, 0.25) is 0 Å². The van der Waals surface area contributed by atoms with E-state index in [0.717, 1.165) is 13.1 Å². The van der Waals surface area contributed by atoms with Crippen molar-refractivity contribution in [3.63, 3.8) is 0 Å². The lowest BCUT2D eigenvalue weighted by Crippen LogP contribution is -2.43. The monoisotopic (exact) mass is 242 g/mol. The Balaban J connectivity index is 2.16. The third-order valence-electron chi connectivity index (χ3n) is 3.01. The molecule has 0 bridgehead atoms. The highest BCUT2D eigenvalue weighted by Gasteiger charge is 2.19. The molecule has 1 N–H and O–H groups in total. The third kappa shape index (κ3) is 5.91. The smallest absolute Gasteiger partial charge is 0.407 e. The van der Waals surface area contributed by atoms with Crippen LogP contribution in [0.1, 0.15) is 47.0 Å². The fourth-order valence-corrected chi connectivity index (χ4v) is 2.11. The number of likely N-dealkylation sites (tertiary alicyclic amines) is 1. The van der Waals surface area contributed by atoms with E-state index in [0.29, 0.717) is 12.6 Å². The number of alkyl carbamates (subject to hydrolysis) is 1. The molecule has 1 fully saturated rings. The number of hydrogen-bond donors (Lipinski definition) is 1. The molecular weight excluding hydrogens is 216 g/mol. The molecule has 0 aromatic rings. The van der Waals surface area contributed by atoms with E-state index >= 15 is 0 Å². The molecular formula is C13H26N2O2. The minimum absolute atomic E-state index is 0.317. The second kappa shape index (κ2) is 6.24. The zero-order valence-corrected chi connectivity index (χ0v) is 11.6. The van der Waals surface area contributed by atoms with Gasteiger partial charge in [-0.1, -0.05) is 6.42 Å². The van der Waals surface area contributed by atoms with Crippen LogP contribution in [0, 0.1) is 0 Å². The first kappa shape index (κ1) is 14.3. The van der Waals surface area contributed by atoms with Crippen LogP contribution in [0.3, 0.4) is 0 Å². The van der Waals surface area contributed by atoms with E-state index in [1.807, 2.05) is 20.8 Å². The van der Waals surface area contributed by atoms with Gasteiger partial charge in [0, 0.05) is 19.1 Å². The van der Waals surface area contributed by atoms with Gasteiger partial charge in [-0.15, -0.1) is 0 Å².